The number of nitrogen functional groups attached to an aromatic ring is 1. The predicted molar refractivity (Wildman–Crippen MR) is 62.5 cm³/mol. The van der Waals surface area contributed by atoms with E-state index in [0.29, 0.717) is 5.69 Å². The van der Waals surface area contributed by atoms with E-state index in [1.54, 1.807) is 12.1 Å². The van der Waals surface area contributed by atoms with Gasteiger partial charge in [0.15, 0.2) is 0 Å². The summed E-state index contributed by atoms with van der Waals surface area (Å²) in [6, 6.07) is 4.99. The average molecular weight is 284 g/mol. The Bertz CT molecular complexity index is 445. The van der Waals surface area contributed by atoms with Crippen LogP contribution in [0.25, 0.3) is 0 Å². The zero-order valence-corrected chi connectivity index (χ0v) is 9.95. The van der Waals surface area contributed by atoms with Crippen molar-refractivity contribution in [2.45, 2.75) is 6.54 Å². The Morgan fingerprint density at radius 1 is 1.44 bits per heavy atom. The minimum Gasteiger partial charge on any atom is -0.398 e. The molecule has 0 atom stereocenters. The van der Waals surface area contributed by atoms with Gasteiger partial charge >= 0.3 is 6.03 Å². The SMILES string of the molecule is Nc1cc(Br)ccc1CN1C(=O)CNC1=O. The lowest BCUT2D eigenvalue weighted by Crippen LogP contribution is -2.30. The first-order valence-electron chi connectivity index (χ1n) is 4.70. The number of halogens is 1. The van der Waals surface area contributed by atoms with E-state index >= 15 is 0 Å². The van der Waals surface area contributed by atoms with Crippen LogP contribution >= 0.6 is 15.9 Å². The Kier molecular flexibility index (Phi) is 2.82. The number of rotatable bonds is 2. The summed E-state index contributed by atoms with van der Waals surface area (Å²) in [6.45, 7) is 0.277. The van der Waals surface area contributed by atoms with Crippen molar-refractivity contribution in [3.8, 4) is 0 Å². The fourth-order valence-electron chi connectivity index (χ4n) is 1.50. The predicted octanol–water partition coefficient (Wildman–Crippen LogP) is 1.08. The second-order valence-electron chi connectivity index (χ2n) is 3.48. The smallest absolute Gasteiger partial charge is 0.324 e. The van der Waals surface area contributed by atoms with E-state index in [9.17, 15) is 9.59 Å². The topological polar surface area (TPSA) is 75.4 Å². The molecule has 84 valence electrons. The number of hydrogen-bond donors (Lipinski definition) is 2. The van der Waals surface area contributed by atoms with E-state index in [2.05, 4.69) is 21.2 Å². The lowest BCUT2D eigenvalue weighted by molar-refractivity contribution is -0.125. The highest BCUT2D eigenvalue weighted by Crippen LogP contribution is 2.20. The first-order valence-corrected chi connectivity index (χ1v) is 5.49. The van der Waals surface area contributed by atoms with Gasteiger partial charge in [0.2, 0.25) is 5.91 Å². The standard InChI is InChI=1S/C10H10BrN3O2/c11-7-2-1-6(8(12)3-7)5-14-9(15)4-13-10(14)16/h1-3H,4-5,12H2,(H,13,16). The molecule has 1 aromatic carbocycles. The molecule has 6 heteroatoms. The molecule has 0 spiro atoms. The van der Waals surface area contributed by atoms with Gasteiger partial charge < -0.3 is 11.1 Å². The Hall–Kier alpha value is -1.56. The second-order valence-corrected chi connectivity index (χ2v) is 4.40. The minimum absolute atomic E-state index is 0.0647. The van der Waals surface area contributed by atoms with Crippen LogP contribution in [-0.4, -0.2) is 23.4 Å². The summed E-state index contributed by atoms with van der Waals surface area (Å²) in [5.41, 5.74) is 7.11. The van der Waals surface area contributed by atoms with Crippen LogP contribution in [0.3, 0.4) is 0 Å². The fourth-order valence-corrected chi connectivity index (χ4v) is 1.87. The molecule has 0 aromatic heterocycles. The number of nitrogens with one attached hydrogen (secondary N) is 1. The first-order chi connectivity index (χ1) is 7.58. The van der Waals surface area contributed by atoms with Gasteiger partial charge in [-0.15, -0.1) is 0 Å². The number of anilines is 1. The van der Waals surface area contributed by atoms with Gasteiger partial charge in [0.05, 0.1) is 13.1 Å². The largest absolute Gasteiger partial charge is 0.398 e. The minimum atomic E-state index is -0.368. The number of hydrogen-bond acceptors (Lipinski definition) is 3. The van der Waals surface area contributed by atoms with Crippen molar-refractivity contribution < 1.29 is 9.59 Å². The fraction of sp³-hybridized carbons (Fsp3) is 0.200. The maximum absolute atomic E-state index is 11.4. The third-order valence-electron chi connectivity index (χ3n) is 2.37. The summed E-state index contributed by atoms with van der Waals surface area (Å²) in [5.74, 6) is -0.229. The van der Waals surface area contributed by atoms with Crippen molar-refractivity contribution in [1.29, 1.82) is 0 Å². The second kappa shape index (κ2) is 4.13. The van der Waals surface area contributed by atoms with Gasteiger partial charge in [0.1, 0.15) is 0 Å². The van der Waals surface area contributed by atoms with Crippen molar-refractivity contribution in [1.82, 2.24) is 10.2 Å². The quantitative estimate of drug-likeness (QED) is 0.630. The van der Waals surface area contributed by atoms with Gasteiger partial charge in [-0.25, -0.2) is 4.79 Å². The van der Waals surface area contributed by atoms with Crippen molar-refractivity contribution >= 4 is 33.6 Å². The van der Waals surface area contributed by atoms with Crippen LogP contribution in [0.1, 0.15) is 5.56 Å². The highest BCUT2D eigenvalue weighted by molar-refractivity contribution is 9.10. The van der Waals surface area contributed by atoms with Gasteiger partial charge in [0.25, 0.3) is 0 Å². The maximum Gasteiger partial charge on any atom is 0.324 e. The molecular weight excluding hydrogens is 274 g/mol. The van der Waals surface area contributed by atoms with E-state index < -0.39 is 0 Å². The van der Waals surface area contributed by atoms with Gasteiger partial charge in [-0.05, 0) is 17.7 Å². The molecule has 0 bridgehead atoms. The maximum atomic E-state index is 11.4. The molecule has 1 heterocycles. The van der Waals surface area contributed by atoms with Crippen molar-refractivity contribution in [2.24, 2.45) is 0 Å². The number of carbonyl (C=O) groups is 2. The number of urea groups is 1. The molecule has 1 fully saturated rings. The van der Waals surface area contributed by atoms with Crippen LogP contribution in [-0.2, 0) is 11.3 Å². The molecule has 0 radical (unpaired) electrons. The molecule has 3 amide bonds. The van der Waals surface area contributed by atoms with Crippen LogP contribution in [0.2, 0.25) is 0 Å². The molecule has 5 nitrogen and oxygen atoms in total. The van der Waals surface area contributed by atoms with E-state index in [4.69, 9.17) is 5.73 Å². The highest BCUT2D eigenvalue weighted by atomic mass is 79.9. The van der Waals surface area contributed by atoms with Crippen LogP contribution < -0.4 is 11.1 Å². The van der Waals surface area contributed by atoms with Crippen LogP contribution in [0, 0.1) is 0 Å². The Labute approximate surface area is 101 Å². The summed E-state index contributed by atoms with van der Waals surface area (Å²) in [7, 11) is 0. The molecule has 0 aliphatic carbocycles. The molecule has 1 aliphatic heterocycles. The number of amides is 3. The zero-order valence-electron chi connectivity index (χ0n) is 8.37. The third kappa shape index (κ3) is 2.01. The number of carbonyl (C=O) groups excluding carboxylic acids is 2. The Balaban J connectivity index is 2.20. The summed E-state index contributed by atoms with van der Waals surface area (Å²) >= 11 is 3.29. The van der Waals surface area contributed by atoms with Crippen molar-refractivity contribution in [3.63, 3.8) is 0 Å². The van der Waals surface area contributed by atoms with Crippen molar-refractivity contribution in [2.75, 3.05) is 12.3 Å². The lowest BCUT2D eigenvalue weighted by atomic mass is 10.2. The molecule has 0 saturated carbocycles. The number of nitrogens with zero attached hydrogens (tertiary/aromatic N) is 1. The normalized spacial score (nSPS) is 15.4. The molecule has 1 aromatic rings. The summed E-state index contributed by atoms with van der Waals surface area (Å²) < 4.78 is 0.867. The van der Waals surface area contributed by atoms with Gasteiger partial charge in [-0.2, -0.15) is 0 Å². The van der Waals surface area contributed by atoms with E-state index in [0.717, 1.165) is 14.9 Å². The highest BCUT2D eigenvalue weighted by Gasteiger charge is 2.28. The molecule has 1 aliphatic rings. The monoisotopic (exact) mass is 283 g/mol. The number of nitrogens with two attached hydrogens (primary N) is 1. The number of benzene rings is 1. The van der Waals surface area contributed by atoms with Crippen molar-refractivity contribution in [3.05, 3.63) is 28.2 Å². The molecule has 1 saturated heterocycles. The van der Waals surface area contributed by atoms with Gasteiger partial charge in [-0.3, -0.25) is 9.69 Å². The molecule has 2 rings (SSSR count). The van der Waals surface area contributed by atoms with Crippen LogP contribution in [0.4, 0.5) is 10.5 Å². The lowest BCUT2D eigenvalue weighted by Gasteiger charge is -2.13. The van der Waals surface area contributed by atoms with Crippen LogP contribution in [0.15, 0.2) is 22.7 Å². The summed E-state index contributed by atoms with van der Waals surface area (Å²) in [4.78, 5) is 23.8. The molecule has 3 N–H and O–H groups in total. The Morgan fingerprint density at radius 2 is 2.19 bits per heavy atom. The van der Waals surface area contributed by atoms with E-state index in [1.165, 1.54) is 0 Å². The van der Waals surface area contributed by atoms with E-state index in [1.807, 2.05) is 6.07 Å². The Morgan fingerprint density at radius 3 is 2.75 bits per heavy atom. The zero-order chi connectivity index (χ0) is 11.7. The molecule has 0 unspecified atom stereocenters. The van der Waals surface area contributed by atoms with Gasteiger partial charge in [-0.1, -0.05) is 22.0 Å². The average Bonchev–Trinajstić information content (AvgIpc) is 2.53. The summed E-state index contributed by atoms with van der Waals surface area (Å²) in [5, 5.41) is 2.46. The molecular formula is C10H10BrN3O2. The third-order valence-corrected chi connectivity index (χ3v) is 2.87. The van der Waals surface area contributed by atoms with Crippen LogP contribution in [0.5, 0.6) is 0 Å². The van der Waals surface area contributed by atoms with Gasteiger partial charge in [0, 0.05) is 10.2 Å². The summed E-state index contributed by atoms with van der Waals surface area (Å²) in [6.07, 6.45) is 0. The first kappa shape index (κ1) is 10.9. The van der Waals surface area contributed by atoms with E-state index in [-0.39, 0.29) is 25.0 Å². The molecule has 16 heavy (non-hydrogen) atoms. The number of imide groups is 1.